The molecule has 1 heterocycles. The fourth-order valence-corrected chi connectivity index (χ4v) is 2.90. The monoisotopic (exact) mass is 342 g/mol. The Bertz CT molecular complexity index is 792. The van der Waals surface area contributed by atoms with Crippen molar-refractivity contribution in [2.45, 2.75) is 12.1 Å². The number of aromatic nitrogens is 4. The lowest BCUT2D eigenvalue weighted by Crippen LogP contribution is -2.05. The highest BCUT2D eigenvalue weighted by Crippen LogP contribution is 2.26. The van der Waals surface area contributed by atoms with Crippen LogP contribution in [0.4, 0.5) is 0 Å². The lowest BCUT2D eigenvalue weighted by molar-refractivity contribution is 0.344. The molecule has 124 valence electrons. The van der Waals surface area contributed by atoms with Gasteiger partial charge in [-0.15, -0.1) is 5.10 Å². The number of nitrogens with zero attached hydrogens (tertiary/aromatic N) is 4. The molecule has 0 atom stereocenters. The minimum atomic E-state index is 0.576. The maximum atomic E-state index is 5.69. The van der Waals surface area contributed by atoms with Crippen molar-refractivity contribution >= 4 is 11.8 Å². The highest BCUT2D eigenvalue weighted by molar-refractivity contribution is 7.99. The van der Waals surface area contributed by atoms with Crippen molar-refractivity contribution in [2.24, 2.45) is 0 Å². The van der Waals surface area contributed by atoms with Crippen molar-refractivity contribution in [1.29, 1.82) is 0 Å². The smallest absolute Gasteiger partial charge is 0.214 e. The number of tetrazole rings is 1. The van der Waals surface area contributed by atoms with E-state index < -0.39 is 0 Å². The van der Waals surface area contributed by atoms with Crippen LogP contribution in [0.3, 0.4) is 0 Å². The molecule has 0 radical (unpaired) electrons. The average Bonchev–Trinajstić information content (AvgIpc) is 3.08. The van der Waals surface area contributed by atoms with Crippen LogP contribution in [0.15, 0.2) is 53.7 Å². The molecule has 2 aromatic carbocycles. The molecule has 0 spiro atoms. The minimum Gasteiger partial charge on any atom is -0.494 e. The van der Waals surface area contributed by atoms with E-state index in [1.165, 1.54) is 11.8 Å². The Morgan fingerprint density at radius 2 is 1.96 bits per heavy atom. The molecule has 3 aromatic rings. The Morgan fingerprint density at radius 3 is 2.75 bits per heavy atom. The molecule has 0 unspecified atom stereocenters. The molecule has 0 aliphatic carbocycles. The molecule has 0 bridgehead atoms. The first-order chi connectivity index (χ1) is 11.8. The molecular formula is C17H18N4O2S. The Hall–Kier alpha value is -2.54. The van der Waals surface area contributed by atoms with E-state index in [9.17, 15) is 0 Å². The maximum absolute atomic E-state index is 5.69. The van der Waals surface area contributed by atoms with Gasteiger partial charge in [-0.2, -0.15) is 4.68 Å². The highest BCUT2D eigenvalue weighted by atomic mass is 32.2. The Morgan fingerprint density at radius 1 is 1.12 bits per heavy atom. The van der Waals surface area contributed by atoms with E-state index in [1.54, 1.807) is 11.8 Å². The lowest BCUT2D eigenvalue weighted by atomic mass is 10.2. The molecule has 0 aliphatic rings. The third kappa shape index (κ3) is 3.86. The second-order valence-electron chi connectivity index (χ2n) is 5.06. The van der Waals surface area contributed by atoms with Crippen LogP contribution in [0.25, 0.3) is 5.69 Å². The Balaban J connectivity index is 1.66. The SMILES string of the molecule is COc1ccc(C)cc1-n1nnnc1SCCOc1ccccc1. The molecule has 0 aliphatic heterocycles. The second-order valence-corrected chi connectivity index (χ2v) is 6.12. The van der Waals surface area contributed by atoms with Gasteiger partial charge < -0.3 is 9.47 Å². The van der Waals surface area contributed by atoms with Gasteiger partial charge in [0, 0.05) is 5.75 Å². The molecular weight excluding hydrogens is 324 g/mol. The number of hydrogen-bond acceptors (Lipinski definition) is 6. The first kappa shape index (κ1) is 16.3. The van der Waals surface area contributed by atoms with Crippen LogP contribution in [0, 0.1) is 6.92 Å². The summed E-state index contributed by atoms with van der Waals surface area (Å²) in [6.07, 6.45) is 0. The number of methoxy groups -OCH3 is 1. The van der Waals surface area contributed by atoms with E-state index in [0.717, 1.165) is 28.5 Å². The second kappa shape index (κ2) is 7.83. The molecule has 1 aromatic heterocycles. The third-order valence-electron chi connectivity index (χ3n) is 3.33. The van der Waals surface area contributed by atoms with Crippen LogP contribution < -0.4 is 9.47 Å². The fraction of sp³-hybridized carbons (Fsp3) is 0.235. The molecule has 0 saturated carbocycles. The number of benzene rings is 2. The lowest BCUT2D eigenvalue weighted by Gasteiger charge is -2.10. The molecule has 0 N–H and O–H groups in total. The first-order valence-corrected chi connectivity index (χ1v) is 8.50. The van der Waals surface area contributed by atoms with Gasteiger partial charge in [-0.3, -0.25) is 0 Å². The third-order valence-corrected chi connectivity index (χ3v) is 4.21. The predicted octanol–water partition coefficient (Wildman–Crippen LogP) is 3.15. The van der Waals surface area contributed by atoms with Gasteiger partial charge in [-0.1, -0.05) is 36.0 Å². The normalized spacial score (nSPS) is 10.6. The van der Waals surface area contributed by atoms with Crippen LogP contribution in [0.2, 0.25) is 0 Å². The van der Waals surface area contributed by atoms with Gasteiger partial charge in [0.25, 0.3) is 0 Å². The van der Waals surface area contributed by atoms with Crippen molar-refractivity contribution in [3.05, 3.63) is 54.1 Å². The summed E-state index contributed by atoms with van der Waals surface area (Å²) >= 11 is 1.54. The zero-order chi connectivity index (χ0) is 16.8. The van der Waals surface area contributed by atoms with E-state index in [-0.39, 0.29) is 0 Å². The minimum absolute atomic E-state index is 0.576. The molecule has 6 nitrogen and oxygen atoms in total. The van der Waals surface area contributed by atoms with Gasteiger partial charge in [-0.05, 0) is 47.2 Å². The predicted molar refractivity (Wildman–Crippen MR) is 93.1 cm³/mol. The van der Waals surface area contributed by atoms with Crippen molar-refractivity contribution < 1.29 is 9.47 Å². The summed E-state index contributed by atoms with van der Waals surface area (Å²) in [7, 11) is 1.64. The van der Waals surface area contributed by atoms with Crippen LogP contribution >= 0.6 is 11.8 Å². The summed E-state index contributed by atoms with van der Waals surface area (Å²) in [5, 5.41) is 12.7. The van der Waals surface area contributed by atoms with Gasteiger partial charge in [0.2, 0.25) is 5.16 Å². The molecule has 0 amide bonds. The van der Waals surface area contributed by atoms with E-state index in [4.69, 9.17) is 9.47 Å². The summed E-state index contributed by atoms with van der Waals surface area (Å²) in [6, 6.07) is 15.6. The van der Waals surface area contributed by atoms with Crippen LogP contribution in [0.1, 0.15) is 5.56 Å². The van der Waals surface area contributed by atoms with Crippen molar-refractivity contribution in [2.75, 3.05) is 19.5 Å². The van der Waals surface area contributed by atoms with Crippen molar-refractivity contribution in [3.8, 4) is 17.2 Å². The Labute approximate surface area is 144 Å². The van der Waals surface area contributed by atoms with Gasteiger partial charge >= 0.3 is 0 Å². The van der Waals surface area contributed by atoms with E-state index in [1.807, 2.05) is 55.5 Å². The number of rotatable bonds is 7. The molecule has 7 heteroatoms. The zero-order valence-electron chi connectivity index (χ0n) is 13.5. The van der Waals surface area contributed by atoms with E-state index in [2.05, 4.69) is 15.5 Å². The van der Waals surface area contributed by atoms with Gasteiger partial charge in [0.1, 0.15) is 17.2 Å². The van der Waals surface area contributed by atoms with Crippen LogP contribution in [-0.2, 0) is 0 Å². The first-order valence-electron chi connectivity index (χ1n) is 7.52. The fourth-order valence-electron chi connectivity index (χ4n) is 2.19. The maximum Gasteiger partial charge on any atom is 0.214 e. The van der Waals surface area contributed by atoms with Crippen LogP contribution in [-0.4, -0.2) is 39.7 Å². The number of para-hydroxylation sites is 1. The van der Waals surface area contributed by atoms with Crippen LogP contribution in [0.5, 0.6) is 11.5 Å². The number of aryl methyl sites for hydroxylation is 1. The highest BCUT2D eigenvalue weighted by Gasteiger charge is 2.13. The average molecular weight is 342 g/mol. The molecule has 24 heavy (non-hydrogen) atoms. The standard InChI is InChI=1S/C17H18N4O2S/c1-13-8-9-16(22-2)15(12-13)21-17(18-19-20-21)24-11-10-23-14-6-4-3-5-7-14/h3-9,12H,10-11H2,1-2H3. The molecule has 3 rings (SSSR count). The number of ether oxygens (including phenoxy) is 2. The van der Waals surface area contributed by atoms with E-state index in [0.29, 0.717) is 11.8 Å². The van der Waals surface area contributed by atoms with E-state index >= 15 is 0 Å². The molecule has 0 fully saturated rings. The zero-order valence-corrected chi connectivity index (χ0v) is 14.4. The topological polar surface area (TPSA) is 62.1 Å². The van der Waals surface area contributed by atoms with Gasteiger partial charge in [0.15, 0.2) is 0 Å². The summed E-state index contributed by atoms with van der Waals surface area (Å²) < 4.78 is 12.8. The number of thioether (sulfide) groups is 1. The Kier molecular flexibility index (Phi) is 5.32. The summed E-state index contributed by atoms with van der Waals surface area (Å²) in [4.78, 5) is 0. The van der Waals surface area contributed by atoms with Gasteiger partial charge in [-0.25, -0.2) is 0 Å². The van der Waals surface area contributed by atoms with Crippen molar-refractivity contribution in [1.82, 2.24) is 20.2 Å². The summed E-state index contributed by atoms with van der Waals surface area (Å²) in [6.45, 7) is 2.60. The largest absolute Gasteiger partial charge is 0.494 e. The molecule has 0 saturated heterocycles. The summed E-state index contributed by atoms with van der Waals surface area (Å²) in [5.41, 5.74) is 1.94. The van der Waals surface area contributed by atoms with Crippen molar-refractivity contribution in [3.63, 3.8) is 0 Å². The van der Waals surface area contributed by atoms with Gasteiger partial charge in [0.05, 0.1) is 13.7 Å². The number of hydrogen-bond donors (Lipinski definition) is 0. The summed E-state index contributed by atoms with van der Waals surface area (Å²) in [5.74, 6) is 2.33. The quantitative estimate of drug-likeness (QED) is 0.485.